The van der Waals surface area contributed by atoms with Crippen molar-refractivity contribution in [1.82, 2.24) is 0 Å². The van der Waals surface area contributed by atoms with E-state index in [1.807, 2.05) is 13.0 Å². The van der Waals surface area contributed by atoms with Gasteiger partial charge in [0.25, 0.3) is 0 Å². The van der Waals surface area contributed by atoms with Crippen LogP contribution in [0.2, 0.25) is 0 Å². The van der Waals surface area contributed by atoms with Crippen LogP contribution < -0.4 is 0 Å². The van der Waals surface area contributed by atoms with E-state index in [1.165, 1.54) is 0 Å². The molecular formula is C15H26O4. The monoisotopic (exact) mass is 270 g/mol. The average molecular weight is 270 g/mol. The molecule has 5 atom stereocenters. The molecule has 110 valence electrons. The minimum atomic E-state index is -1.12. The Labute approximate surface area is 115 Å². The summed E-state index contributed by atoms with van der Waals surface area (Å²) < 4.78 is 0. The fourth-order valence-electron chi connectivity index (χ4n) is 2.85. The second kappa shape index (κ2) is 6.18. The number of aliphatic hydroxyl groups excluding tert-OH is 3. The lowest BCUT2D eigenvalue weighted by Crippen LogP contribution is -2.49. The quantitative estimate of drug-likeness (QED) is 0.578. The van der Waals surface area contributed by atoms with Crippen LogP contribution in [0.5, 0.6) is 0 Å². The topological polar surface area (TPSA) is 80.9 Å². The van der Waals surface area contributed by atoms with Crippen molar-refractivity contribution >= 4 is 0 Å². The lowest BCUT2D eigenvalue weighted by molar-refractivity contribution is -0.0953. The third kappa shape index (κ3) is 4.14. The summed E-state index contributed by atoms with van der Waals surface area (Å²) in [6.07, 6.45) is 2.02. The molecule has 0 aromatic heterocycles. The highest BCUT2D eigenvalue weighted by molar-refractivity contribution is 5.17. The maximum Gasteiger partial charge on any atom is 0.101 e. The fourth-order valence-corrected chi connectivity index (χ4v) is 2.85. The van der Waals surface area contributed by atoms with Gasteiger partial charge in [0.1, 0.15) is 6.10 Å². The first-order valence-electron chi connectivity index (χ1n) is 6.75. The molecule has 0 aromatic rings. The molecule has 0 spiro atoms. The van der Waals surface area contributed by atoms with Crippen LogP contribution in [0.4, 0.5) is 0 Å². The van der Waals surface area contributed by atoms with Crippen molar-refractivity contribution < 1.29 is 20.4 Å². The van der Waals surface area contributed by atoms with Crippen LogP contribution in [-0.4, -0.2) is 44.3 Å². The van der Waals surface area contributed by atoms with Crippen molar-refractivity contribution in [2.24, 2.45) is 5.92 Å². The molecule has 4 N–H and O–H groups in total. The lowest BCUT2D eigenvalue weighted by Gasteiger charge is -2.40. The molecule has 0 saturated carbocycles. The predicted molar refractivity (Wildman–Crippen MR) is 74.6 cm³/mol. The van der Waals surface area contributed by atoms with E-state index < -0.39 is 29.8 Å². The van der Waals surface area contributed by atoms with E-state index in [4.69, 9.17) is 0 Å². The van der Waals surface area contributed by atoms with Crippen molar-refractivity contribution in [2.75, 3.05) is 0 Å². The summed E-state index contributed by atoms with van der Waals surface area (Å²) in [7, 11) is 0. The van der Waals surface area contributed by atoms with Crippen LogP contribution >= 0.6 is 0 Å². The molecule has 0 fully saturated rings. The smallest absolute Gasteiger partial charge is 0.101 e. The molecule has 0 aliphatic heterocycles. The Morgan fingerprint density at radius 1 is 1.53 bits per heavy atom. The van der Waals surface area contributed by atoms with Crippen molar-refractivity contribution in [2.45, 2.75) is 64.4 Å². The standard InChI is InChI=1S/C15H26O4/c1-9(7-11(3)16)8-15(4,19)12-6-5-10(2)13(17)14(12)18/h5,7,11-14,16-19H,6,8H2,1-4H3/b9-7+/t11-,12+,13-,14+,15-/m0/s1. The van der Waals surface area contributed by atoms with Gasteiger partial charge in [-0.3, -0.25) is 0 Å². The molecule has 0 amide bonds. The number of hydrogen-bond donors (Lipinski definition) is 4. The van der Waals surface area contributed by atoms with Gasteiger partial charge < -0.3 is 20.4 Å². The Bertz CT molecular complexity index is 368. The SMILES string of the molecule is CC1=CC[C@@H]([C@@](C)(O)C/C(C)=C/[C@H](C)O)[C@@H](O)[C@H]1O. The van der Waals surface area contributed by atoms with E-state index in [1.54, 1.807) is 26.8 Å². The van der Waals surface area contributed by atoms with Crippen LogP contribution in [0.3, 0.4) is 0 Å². The predicted octanol–water partition coefficient (Wildman–Crippen LogP) is 1.14. The van der Waals surface area contributed by atoms with Crippen molar-refractivity contribution in [1.29, 1.82) is 0 Å². The normalized spacial score (nSPS) is 33.6. The van der Waals surface area contributed by atoms with E-state index in [2.05, 4.69) is 0 Å². The number of rotatable bonds is 4. The van der Waals surface area contributed by atoms with Gasteiger partial charge in [-0.1, -0.05) is 17.7 Å². The van der Waals surface area contributed by atoms with Crippen LogP contribution in [0, 0.1) is 5.92 Å². The zero-order chi connectivity index (χ0) is 14.8. The van der Waals surface area contributed by atoms with Crippen molar-refractivity contribution in [3.63, 3.8) is 0 Å². The maximum absolute atomic E-state index is 10.6. The molecular weight excluding hydrogens is 244 g/mol. The number of aliphatic hydroxyl groups is 4. The van der Waals surface area contributed by atoms with E-state index in [-0.39, 0.29) is 0 Å². The largest absolute Gasteiger partial charge is 0.390 e. The molecule has 1 aliphatic carbocycles. The summed E-state index contributed by atoms with van der Waals surface area (Å²) >= 11 is 0. The number of allylic oxidation sites excluding steroid dienone is 1. The third-order valence-corrected chi connectivity index (χ3v) is 3.86. The fraction of sp³-hybridized carbons (Fsp3) is 0.733. The maximum atomic E-state index is 10.6. The van der Waals surface area contributed by atoms with Gasteiger partial charge >= 0.3 is 0 Å². The number of hydrogen-bond acceptors (Lipinski definition) is 4. The van der Waals surface area contributed by atoms with E-state index in [0.717, 1.165) is 11.1 Å². The summed E-state index contributed by atoms with van der Waals surface area (Å²) in [5.74, 6) is -0.413. The molecule has 0 unspecified atom stereocenters. The van der Waals surface area contributed by atoms with Crippen molar-refractivity contribution in [3.05, 3.63) is 23.3 Å². The van der Waals surface area contributed by atoms with Gasteiger partial charge in [0.05, 0.1) is 17.8 Å². The van der Waals surface area contributed by atoms with Gasteiger partial charge in [-0.25, -0.2) is 0 Å². The molecule has 0 heterocycles. The zero-order valence-electron chi connectivity index (χ0n) is 12.2. The average Bonchev–Trinajstić information content (AvgIpc) is 2.23. The van der Waals surface area contributed by atoms with Gasteiger partial charge in [0.15, 0.2) is 0 Å². The minimum absolute atomic E-state index is 0.360. The molecule has 19 heavy (non-hydrogen) atoms. The summed E-state index contributed by atoms with van der Waals surface area (Å²) in [6.45, 7) is 6.94. The van der Waals surface area contributed by atoms with Crippen LogP contribution in [-0.2, 0) is 0 Å². The van der Waals surface area contributed by atoms with Gasteiger partial charge in [-0.05, 0) is 46.1 Å². The Kier molecular flexibility index (Phi) is 5.33. The van der Waals surface area contributed by atoms with Crippen LogP contribution in [0.15, 0.2) is 23.3 Å². The summed E-state index contributed by atoms with van der Waals surface area (Å²) in [6, 6.07) is 0. The third-order valence-electron chi connectivity index (χ3n) is 3.86. The molecule has 1 rings (SSSR count). The van der Waals surface area contributed by atoms with E-state index in [9.17, 15) is 20.4 Å². The molecule has 1 aliphatic rings. The highest BCUT2D eigenvalue weighted by atomic mass is 16.3. The molecule has 0 bridgehead atoms. The first-order chi connectivity index (χ1) is 8.65. The molecule has 0 radical (unpaired) electrons. The van der Waals surface area contributed by atoms with Gasteiger partial charge in [0, 0.05) is 5.92 Å². The molecule has 0 saturated heterocycles. The Balaban J connectivity index is 2.83. The molecule has 0 aromatic carbocycles. The van der Waals surface area contributed by atoms with Crippen molar-refractivity contribution in [3.8, 4) is 0 Å². The Morgan fingerprint density at radius 3 is 2.63 bits per heavy atom. The first kappa shape index (κ1) is 16.4. The van der Waals surface area contributed by atoms with Crippen LogP contribution in [0.1, 0.15) is 40.5 Å². The molecule has 4 heteroatoms. The van der Waals surface area contributed by atoms with E-state index >= 15 is 0 Å². The summed E-state index contributed by atoms with van der Waals surface area (Å²) in [4.78, 5) is 0. The second-order valence-electron chi connectivity index (χ2n) is 6.01. The summed E-state index contributed by atoms with van der Waals surface area (Å²) in [5, 5.41) is 39.9. The highest BCUT2D eigenvalue weighted by Crippen LogP contribution is 2.36. The summed E-state index contributed by atoms with van der Waals surface area (Å²) in [5.41, 5.74) is 0.497. The Morgan fingerprint density at radius 2 is 2.11 bits per heavy atom. The van der Waals surface area contributed by atoms with Crippen LogP contribution in [0.25, 0.3) is 0 Å². The first-order valence-corrected chi connectivity index (χ1v) is 6.75. The molecule has 4 nitrogen and oxygen atoms in total. The Hall–Kier alpha value is -0.680. The highest BCUT2D eigenvalue weighted by Gasteiger charge is 2.41. The second-order valence-corrected chi connectivity index (χ2v) is 6.01. The van der Waals surface area contributed by atoms with E-state index in [0.29, 0.717) is 12.8 Å². The minimum Gasteiger partial charge on any atom is -0.390 e. The van der Waals surface area contributed by atoms with Gasteiger partial charge in [-0.15, -0.1) is 0 Å². The zero-order valence-corrected chi connectivity index (χ0v) is 12.2. The van der Waals surface area contributed by atoms with Gasteiger partial charge in [0.2, 0.25) is 0 Å². The van der Waals surface area contributed by atoms with Gasteiger partial charge in [-0.2, -0.15) is 0 Å². The lowest BCUT2D eigenvalue weighted by atomic mass is 9.73.